The van der Waals surface area contributed by atoms with Crippen LogP contribution in [0.1, 0.15) is 18.4 Å². The Kier molecular flexibility index (Phi) is 3.57. The van der Waals surface area contributed by atoms with E-state index in [4.69, 9.17) is 11.6 Å². The average molecular weight is 252 g/mol. The van der Waals surface area contributed by atoms with E-state index in [-0.39, 0.29) is 5.41 Å². The van der Waals surface area contributed by atoms with Gasteiger partial charge < -0.3 is 10.6 Å². The average Bonchev–Trinajstić information content (AvgIpc) is 3.12. The molecule has 0 aromatic heterocycles. The predicted octanol–water partition coefficient (Wildman–Crippen LogP) is 2.17. The van der Waals surface area contributed by atoms with E-state index < -0.39 is 0 Å². The number of nitrogens with zero attached hydrogens (tertiary/aromatic N) is 1. The maximum atomic E-state index is 6.04. The van der Waals surface area contributed by atoms with Crippen molar-refractivity contribution >= 4 is 17.6 Å². The van der Waals surface area contributed by atoms with Gasteiger partial charge in [0, 0.05) is 31.1 Å². The second-order valence-corrected chi connectivity index (χ2v) is 4.90. The van der Waals surface area contributed by atoms with Crippen molar-refractivity contribution in [3.63, 3.8) is 0 Å². The van der Waals surface area contributed by atoms with Crippen LogP contribution >= 0.6 is 11.6 Å². The molecule has 0 aliphatic heterocycles. The van der Waals surface area contributed by atoms with Crippen molar-refractivity contribution in [3.8, 4) is 0 Å². The zero-order valence-corrected chi connectivity index (χ0v) is 11.0. The van der Waals surface area contributed by atoms with Crippen LogP contribution in [0.2, 0.25) is 5.02 Å². The molecule has 0 unspecified atom stereocenters. The molecular formula is C13H18ClN3. The SMILES string of the molecule is CN=C(NC)NCC1(c2cccc(Cl)c2)CC1. The van der Waals surface area contributed by atoms with Gasteiger partial charge in [0.15, 0.2) is 5.96 Å². The van der Waals surface area contributed by atoms with Crippen molar-refractivity contribution < 1.29 is 0 Å². The summed E-state index contributed by atoms with van der Waals surface area (Å²) in [6.07, 6.45) is 2.42. The van der Waals surface area contributed by atoms with Gasteiger partial charge in [-0.15, -0.1) is 0 Å². The number of nitrogens with one attached hydrogen (secondary N) is 2. The first-order valence-electron chi connectivity index (χ1n) is 5.85. The van der Waals surface area contributed by atoms with Crippen LogP contribution in [0.25, 0.3) is 0 Å². The Labute approximate surface area is 107 Å². The third kappa shape index (κ3) is 2.72. The van der Waals surface area contributed by atoms with Gasteiger partial charge in [-0.25, -0.2) is 0 Å². The lowest BCUT2D eigenvalue weighted by atomic mass is 9.96. The van der Waals surface area contributed by atoms with E-state index in [9.17, 15) is 0 Å². The highest BCUT2D eigenvalue weighted by Gasteiger charge is 2.44. The highest BCUT2D eigenvalue weighted by atomic mass is 35.5. The molecule has 0 radical (unpaired) electrons. The number of guanidine groups is 1. The van der Waals surface area contributed by atoms with E-state index in [0.717, 1.165) is 17.5 Å². The standard InChI is InChI=1S/C13H18ClN3/c1-15-12(16-2)17-9-13(6-7-13)10-4-3-5-11(14)8-10/h3-5,8H,6-7,9H2,1-2H3,(H2,15,16,17). The van der Waals surface area contributed by atoms with Crippen LogP contribution in [0.15, 0.2) is 29.3 Å². The molecule has 3 nitrogen and oxygen atoms in total. The van der Waals surface area contributed by atoms with Gasteiger partial charge in [-0.3, -0.25) is 4.99 Å². The van der Waals surface area contributed by atoms with Crippen LogP contribution in [0, 0.1) is 0 Å². The molecular weight excluding hydrogens is 234 g/mol. The van der Waals surface area contributed by atoms with Crippen molar-refractivity contribution in [3.05, 3.63) is 34.9 Å². The van der Waals surface area contributed by atoms with Gasteiger partial charge in [0.05, 0.1) is 0 Å². The Morgan fingerprint density at radius 2 is 2.24 bits per heavy atom. The van der Waals surface area contributed by atoms with Gasteiger partial charge in [0.2, 0.25) is 0 Å². The van der Waals surface area contributed by atoms with Crippen molar-refractivity contribution in [2.24, 2.45) is 4.99 Å². The van der Waals surface area contributed by atoms with Crippen molar-refractivity contribution in [1.82, 2.24) is 10.6 Å². The van der Waals surface area contributed by atoms with Gasteiger partial charge in [-0.2, -0.15) is 0 Å². The Morgan fingerprint density at radius 1 is 1.47 bits per heavy atom. The summed E-state index contributed by atoms with van der Waals surface area (Å²) in [7, 11) is 3.64. The fraction of sp³-hybridized carbons (Fsp3) is 0.462. The summed E-state index contributed by atoms with van der Waals surface area (Å²) in [6, 6.07) is 8.16. The van der Waals surface area contributed by atoms with Crippen LogP contribution in [0.3, 0.4) is 0 Å². The zero-order valence-electron chi connectivity index (χ0n) is 10.3. The first-order chi connectivity index (χ1) is 8.20. The molecule has 0 amide bonds. The molecule has 0 atom stereocenters. The van der Waals surface area contributed by atoms with Crippen molar-refractivity contribution in [1.29, 1.82) is 0 Å². The van der Waals surface area contributed by atoms with Crippen LogP contribution in [0.4, 0.5) is 0 Å². The summed E-state index contributed by atoms with van der Waals surface area (Å²) in [4.78, 5) is 4.12. The van der Waals surface area contributed by atoms with Gasteiger partial charge in [-0.1, -0.05) is 23.7 Å². The molecule has 0 saturated heterocycles. The summed E-state index contributed by atoms with van der Waals surface area (Å²) >= 11 is 6.04. The van der Waals surface area contributed by atoms with Crippen LogP contribution in [0.5, 0.6) is 0 Å². The Morgan fingerprint density at radius 3 is 2.76 bits per heavy atom. The second-order valence-electron chi connectivity index (χ2n) is 4.47. The first-order valence-corrected chi connectivity index (χ1v) is 6.22. The summed E-state index contributed by atoms with van der Waals surface area (Å²) in [5.74, 6) is 0.832. The minimum Gasteiger partial charge on any atom is -0.359 e. The maximum Gasteiger partial charge on any atom is 0.190 e. The van der Waals surface area contributed by atoms with Crippen molar-refractivity contribution in [2.45, 2.75) is 18.3 Å². The highest BCUT2D eigenvalue weighted by Crippen LogP contribution is 2.48. The highest BCUT2D eigenvalue weighted by molar-refractivity contribution is 6.30. The van der Waals surface area contributed by atoms with E-state index in [1.807, 2.05) is 19.2 Å². The Hall–Kier alpha value is -1.22. The molecule has 2 rings (SSSR count). The smallest absolute Gasteiger partial charge is 0.190 e. The lowest BCUT2D eigenvalue weighted by Crippen LogP contribution is -2.39. The molecule has 0 bridgehead atoms. The molecule has 0 heterocycles. The lowest BCUT2D eigenvalue weighted by molar-refractivity contribution is 0.651. The monoisotopic (exact) mass is 251 g/mol. The van der Waals surface area contributed by atoms with Gasteiger partial charge in [0.1, 0.15) is 0 Å². The number of hydrogen-bond acceptors (Lipinski definition) is 1. The molecule has 1 aliphatic carbocycles. The van der Waals surface area contributed by atoms with E-state index in [1.165, 1.54) is 18.4 Å². The Balaban J connectivity index is 2.05. The normalized spacial score (nSPS) is 17.7. The van der Waals surface area contributed by atoms with Crippen molar-refractivity contribution in [2.75, 3.05) is 20.6 Å². The summed E-state index contributed by atoms with van der Waals surface area (Å²) in [6.45, 7) is 0.904. The van der Waals surface area contributed by atoms with E-state index in [2.05, 4.69) is 27.8 Å². The van der Waals surface area contributed by atoms with Crippen LogP contribution < -0.4 is 10.6 Å². The third-order valence-corrected chi connectivity index (χ3v) is 3.58. The second kappa shape index (κ2) is 4.96. The number of benzene rings is 1. The lowest BCUT2D eigenvalue weighted by Gasteiger charge is -2.18. The zero-order chi connectivity index (χ0) is 12.3. The molecule has 1 saturated carbocycles. The van der Waals surface area contributed by atoms with Gasteiger partial charge in [0.25, 0.3) is 0 Å². The van der Waals surface area contributed by atoms with Crippen LogP contribution in [-0.2, 0) is 5.41 Å². The number of aliphatic imine (C=N–C) groups is 1. The predicted molar refractivity (Wildman–Crippen MR) is 72.8 cm³/mol. The molecule has 1 aliphatic rings. The maximum absolute atomic E-state index is 6.04. The molecule has 1 aromatic rings. The minimum absolute atomic E-state index is 0.248. The molecule has 1 aromatic carbocycles. The molecule has 1 fully saturated rings. The number of halogens is 1. The molecule has 17 heavy (non-hydrogen) atoms. The van der Waals surface area contributed by atoms with Gasteiger partial charge in [-0.05, 0) is 30.5 Å². The molecule has 92 valence electrons. The molecule has 0 spiro atoms. The summed E-state index contributed by atoms with van der Waals surface area (Å²) in [5, 5.41) is 7.18. The fourth-order valence-corrected chi connectivity index (χ4v) is 2.26. The molecule has 2 N–H and O–H groups in total. The summed E-state index contributed by atoms with van der Waals surface area (Å²) in [5.41, 5.74) is 1.57. The molecule has 4 heteroatoms. The summed E-state index contributed by atoms with van der Waals surface area (Å²) < 4.78 is 0. The third-order valence-electron chi connectivity index (χ3n) is 3.35. The number of hydrogen-bond donors (Lipinski definition) is 2. The minimum atomic E-state index is 0.248. The first kappa shape index (κ1) is 12.2. The van der Waals surface area contributed by atoms with Crippen LogP contribution in [-0.4, -0.2) is 26.6 Å². The quantitative estimate of drug-likeness (QED) is 0.638. The van der Waals surface area contributed by atoms with E-state index in [0.29, 0.717) is 0 Å². The van der Waals surface area contributed by atoms with E-state index >= 15 is 0 Å². The largest absolute Gasteiger partial charge is 0.359 e. The van der Waals surface area contributed by atoms with Gasteiger partial charge >= 0.3 is 0 Å². The fourth-order valence-electron chi connectivity index (χ4n) is 2.07. The van der Waals surface area contributed by atoms with E-state index in [1.54, 1.807) is 7.05 Å². The topological polar surface area (TPSA) is 36.4 Å². The number of rotatable bonds is 3. The Bertz CT molecular complexity index is 424.